The molecule has 0 atom stereocenters. The van der Waals surface area contributed by atoms with Crippen molar-refractivity contribution in [2.45, 2.75) is 0 Å². The molecule has 0 aliphatic rings. The third kappa shape index (κ3) is 6.41. The summed E-state index contributed by atoms with van der Waals surface area (Å²) in [6, 6.07) is 84.7. The van der Waals surface area contributed by atoms with Gasteiger partial charge in [0.1, 0.15) is 11.2 Å². The van der Waals surface area contributed by atoms with Crippen LogP contribution in [-0.2, 0) is 0 Å². The first kappa shape index (κ1) is 35.2. The fourth-order valence-corrected chi connectivity index (χ4v) is 8.66. The van der Waals surface area contributed by atoms with Crippen molar-refractivity contribution in [3.63, 3.8) is 0 Å². The van der Waals surface area contributed by atoms with Crippen LogP contribution in [0.4, 0.5) is 17.1 Å². The first-order valence-corrected chi connectivity index (χ1v) is 20.5. The first-order chi connectivity index (χ1) is 29.7. The van der Waals surface area contributed by atoms with Crippen LogP contribution in [0.5, 0.6) is 0 Å². The van der Waals surface area contributed by atoms with Gasteiger partial charge in [0.2, 0.25) is 0 Å². The van der Waals surface area contributed by atoms with Gasteiger partial charge in [-0.2, -0.15) is 0 Å². The zero-order valence-corrected chi connectivity index (χ0v) is 32.9. The van der Waals surface area contributed by atoms with Crippen molar-refractivity contribution in [2.24, 2.45) is 0 Å². The minimum Gasteiger partial charge on any atom is -0.455 e. The van der Waals surface area contributed by atoms with Crippen LogP contribution in [0.2, 0.25) is 0 Å². The van der Waals surface area contributed by atoms with Crippen LogP contribution >= 0.6 is 0 Å². The summed E-state index contributed by atoms with van der Waals surface area (Å²) in [6.45, 7) is 0. The molecule has 282 valence electrons. The fraction of sp³-hybridized carbons (Fsp3) is 0. The Hall–Kier alpha value is -7.94. The van der Waals surface area contributed by atoms with Gasteiger partial charge < -0.3 is 9.32 Å². The Morgan fingerprint density at radius 1 is 0.267 bits per heavy atom. The smallest absolute Gasteiger partial charge is 0.145 e. The fourth-order valence-electron chi connectivity index (χ4n) is 8.66. The zero-order valence-electron chi connectivity index (χ0n) is 32.9. The lowest BCUT2D eigenvalue weighted by Gasteiger charge is -2.28. The Balaban J connectivity index is 1.11. The van der Waals surface area contributed by atoms with E-state index in [1.165, 1.54) is 33.4 Å². The summed E-state index contributed by atoms with van der Waals surface area (Å²) in [4.78, 5) is 2.38. The Morgan fingerprint density at radius 2 is 0.683 bits per heavy atom. The molecule has 10 aromatic carbocycles. The highest BCUT2D eigenvalue weighted by Gasteiger charge is 2.24. The van der Waals surface area contributed by atoms with Crippen LogP contribution in [0.15, 0.2) is 241 Å². The van der Waals surface area contributed by atoms with Crippen molar-refractivity contribution in [2.75, 3.05) is 4.90 Å². The van der Waals surface area contributed by atoms with Crippen molar-refractivity contribution < 1.29 is 4.42 Å². The van der Waals surface area contributed by atoms with E-state index in [-0.39, 0.29) is 0 Å². The summed E-state index contributed by atoms with van der Waals surface area (Å²) < 4.78 is 7.13. The quantitative estimate of drug-likeness (QED) is 0.153. The van der Waals surface area contributed by atoms with E-state index in [0.29, 0.717) is 0 Å². The lowest BCUT2D eigenvalue weighted by atomic mass is 9.95. The highest BCUT2D eigenvalue weighted by molar-refractivity contribution is 6.19. The monoisotopic (exact) mass is 765 g/mol. The minimum absolute atomic E-state index is 0.866. The molecule has 1 aromatic heterocycles. The molecule has 0 aliphatic heterocycles. The molecule has 2 heteroatoms. The third-order valence-corrected chi connectivity index (χ3v) is 11.7. The zero-order chi connectivity index (χ0) is 39.8. The molecule has 11 rings (SSSR count). The van der Waals surface area contributed by atoms with Crippen molar-refractivity contribution in [1.82, 2.24) is 0 Å². The molecule has 0 bridgehead atoms. The van der Waals surface area contributed by atoms with Gasteiger partial charge in [0.15, 0.2) is 0 Å². The van der Waals surface area contributed by atoms with E-state index >= 15 is 0 Å². The van der Waals surface area contributed by atoms with Gasteiger partial charge in [-0.1, -0.05) is 188 Å². The number of nitrogens with zero attached hydrogens (tertiary/aromatic N) is 1. The van der Waals surface area contributed by atoms with Crippen LogP contribution < -0.4 is 4.90 Å². The molecular formula is C58H39NO. The second kappa shape index (κ2) is 15.1. The normalized spacial score (nSPS) is 11.3. The van der Waals surface area contributed by atoms with Gasteiger partial charge >= 0.3 is 0 Å². The molecule has 0 spiro atoms. The predicted octanol–water partition coefficient (Wildman–Crippen LogP) is 16.5. The van der Waals surface area contributed by atoms with Crippen LogP contribution in [0, 0.1) is 0 Å². The van der Waals surface area contributed by atoms with Crippen molar-refractivity contribution in [3.8, 4) is 55.6 Å². The van der Waals surface area contributed by atoms with E-state index < -0.39 is 0 Å². The van der Waals surface area contributed by atoms with E-state index in [1.54, 1.807) is 0 Å². The molecule has 0 fully saturated rings. The molecule has 1 heterocycles. The van der Waals surface area contributed by atoms with Gasteiger partial charge in [-0.15, -0.1) is 0 Å². The summed E-state index contributed by atoms with van der Waals surface area (Å²) in [5.74, 6) is 0. The number of benzene rings is 10. The lowest BCUT2D eigenvalue weighted by Crippen LogP contribution is -2.11. The maximum absolute atomic E-state index is 7.13. The molecule has 0 amide bonds. The van der Waals surface area contributed by atoms with E-state index in [9.17, 15) is 0 Å². The Bertz CT molecular complexity index is 3260. The number of fused-ring (bicyclic) bond motifs is 5. The van der Waals surface area contributed by atoms with Gasteiger partial charge in [-0.25, -0.2) is 0 Å². The molecule has 2 nitrogen and oxygen atoms in total. The van der Waals surface area contributed by atoms with E-state index in [4.69, 9.17) is 4.42 Å². The Morgan fingerprint density at radius 3 is 1.25 bits per heavy atom. The van der Waals surface area contributed by atoms with E-state index in [0.717, 1.165) is 72.0 Å². The molecule has 0 unspecified atom stereocenters. The topological polar surface area (TPSA) is 16.4 Å². The highest BCUT2D eigenvalue weighted by Crippen LogP contribution is 2.48. The maximum atomic E-state index is 7.13. The molecule has 0 saturated carbocycles. The largest absolute Gasteiger partial charge is 0.455 e. The average Bonchev–Trinajstić information content (AvgIpc) is 3.72. The van der Waals surface area contributed by atoms with Gasteiger partial charge in [-0.3, -0.25) is 0 Å². The molecule has 11 aromatic rings. The first-order valence-electron chi connectivity index (χ1n) is 20.5. The standard InChI is InChI=1S/C58H39NO/c1-4-13-40(14-5-1)43-23-25-44(26-24-43)46-29-34-51(35-30-46)59(50-32-27-45(28-33-50)41-15-6-2-7-16-41)55-38-37-54-53-36-31-47-19-10-11-22-52(47)57(53)60-58(54)56(55)49-21-12-20-48(39-49)42-17-8-3-9-18-42/h1-39H. The summed E-state index contributed by atoms with van der Waals surface area (Å²) in [6.07, 6.45) is 0. The van der Waals surface area contributed by atoms with E-state index in [2.05, 4.69) is 241 Å². The van der Waals surface area contributed by atoms with Gasteiger partial charge in [0.25, 0.3) is 0 Å². The van der Waals surface area contributed by atoms with Crippen LogP contribution in [0.3, 0.4) is 0 Å². The van der Waals surface area contributed by atoms with Crippen LogP contribution in [-0.4, -0.2) is 0 Å². The Labute approximate surface area is 349 Å². The second-order valence-corrected chi connectivity index (χ2v) is 15.3. The second-order valence-electron chi connectivity index (χ2n) is 15.3. The van der Waals surface area contributed by atoms with Crippen molar-refractivity contribution in [1.29, 1.82) is 0 Å². The summed E-state index contributed by atoms with van der Waals surface area (Å²) in [5, 5.41) is 4.47. The van der Waals surface area contributed by atoms with Gasteiger partial charge in [0.05, 0.1) is 5.69 Å². The molecule has 60 heavy (non-hydrogen) atoms. The molecule has 0 radical (unpaired) electrons. The number of hydrogen-bond donors (Lipinski definition) is 0. The SMILES string of the molecule is c1ccc(-c2ccc(-c3ccc(N(c4ccc(-c5ccccc5)cc4)c4ccc5c(oc6c7ccccc7ccc56)c4-c4cccc(-c5ccccc5)c4)cc3)cc2)cc1. The number of furan rings is 1. The minimum atomic E-state index is 0.866. The van der Waals surface area contributed by atoms with Crippen molar-refractivity contribution in [3.05, 3.63) is 237 Å². The molecular weight excluding hydrogens is 727 g/mol. The van der Waals surface area contributed by atoms with Gasteiger partial charge in [-0.05, 0) is 104 Å². The number of rotatable bonds is 8. The third-order valence-electron chi connectivity index (χ3n) is 11.7. The van der Waals surface area contributed by atoms with Crippen LogP contribution in [0.25, 0.3) is 88.3 Å². The molecule has 0 saturated heterocycles. The predicted molar refractivity (Wildman–Crippen MR) is 253 cm³/mol. The average molecular weight is 766 g/mol. The maximum Gasteiger partial charge on any atom is 0.145 e. The Kier molecular flexibility index (Phi) is 8.87. The number of anilines is 3. The number of hydrogen-bond acceptors (Lipinski definition) is 2. The highest BCUT2D eigenvalue weighted by atomic mass is 16.3. The summed E-state index contributed by atoms with van der Waals surface area (Å²) in [7, 11) is 0. The van der Waals surface area contributed by atoms with E-state index in [1.807, 2.05) is 0 Å². The molecule has 0 N–H and O–H groups in total. The van der Waals surface area contributed by atoms with Crippen LogP contribution in [0.1, 0.15) is 0 Å². The summed E-state index contributed by atoms with van der Waals surface area (Å²) >= 11 is 0. The lowest BCUT2D eigenvalue weighted by molar-refractivity contribution is 0.674. The van der Waals surface area contributed by atoms with Crippen molar-refractivity contribution >= 4 is 49.8 Å². The summed E-state index contributed by atoms with van der Waals surface area (Å²) in [5.41, 5.74) is 16.5. The van der Waals surface area contributed by atoms with Gasteiger partial charge in [0, 0.05) is 33.1 Å². The molecule has 0 aliphatic carbocycles.